The highest BCUT2D eigenvalue weighted by molar-refractivity contribution is 6.33. The van der Waals surface area contributed by atoms with Crippen LogP contribution in [0.5, 0.6) is 5.88 Å². The number of aromatic amines is 1. The minimum atomic E-state index is -2.95. The van der Waals surface area contributed by atoms with Gasteiger partial charge >= 0.3 is 6.61 Å². The smallest absolute Gasteiger partial charge is 0.388 e. The predicted octanol–water partition coefficient (Wildman–Crippen LogP) is 2.97. The molecule has 1 fully saturated rings. The largest absolute Gasteiger partial charge is 0.415 e. The molecule has 0 aliphatic carbocycles. The van der Waals surface area contributed by atoms with Gasteiger partial charge in [-0.15, -0.1) is 5.10 Å². The highest BCUT2D eigenvalue weighted by Gasteiger charge is 2.19. The summed E-state index contributed by atoms with van der Waals surface area (Å²) in [6.45, 7) is -0.807. The van der Waals surface area contributed by atoms with Gasteiger partial charge in [-0.25, -0.2) is 14.6 Å². The third kappa shape index (κ3) is 4.08. The van der Waals surface area contributed by atoms with Crippen LogP contribution >= 0.6 is 11.6 Å². The Morgan fingerprint density at radius 2 is 2.22 bits per heavy atom. The summed E-state index contributed by atoms with van der Waals surface area (Å²) in [5, 5.41) is 13.7. The molecule has 0 saturated carbocycles. The highest BCUT2D eigenvalue weighted by Crippen LogP contribution is 2.25. The zero-order valence-electron chi connectivity index (χ0n) is 14.0. The molecule has 0 bridgehead atoms. The van der Waals surface area contributed by atoms with E-state index in [-0.39, 0.29) is 11.0 Å². The monoisotopic (exact) mass is 399 g/mol. The van der Waals surface area contributed by atoms with Crippen LogP contribution in [0, 0.1) is 5.92 Å². The Bertz CT molecular complexity index is 926. The molecular formula is C15H16ClF2N7O2. The van der Waals surface area contributed by atoms with Gasteiger partial charge in [0.15, 0.2) is 16.6 Å². The van der Waals surface area contributed by atoms with Crippen molar-refractivity contribution >= 4 is 34.4 Å². The van der Waals surface area contributed by atoms with Crippen molar-refractivity contribution in [3.05, 3.63) is 17.4 Å². The first-order valence-electron chi connectivity index (χ1n) is 8.32. The zero-order valence-corrected chi connectivity index (χ0v) is 14.8. The van der Waals surface area contributed by atoms with E-state index >= 15 is 0 Å². The summed E-state index contributed by atoms with van der Waals surface area (Å²) in [6.07, 6.45) is 3.37. The van der Waals surface area contributed by atoms with Crippen LogP contribution in [0.4, 0.5) is 20.4 Å². The van der Waals surface area contributed by atoms with Gasteiger partial charge in [0.05, 0.1) is 6.20 Å². The normalized spacial score (nSPS) is 15.6. The minimum absolute atomic E-state index is 0.228. The number of aromatic nitrogens is 6. The third-order valence-electron chi connectivity index (χ3n) is 4.20. The summed E-state index contributed by atoms with van der Waals surface area (Å²) in [5.74, 6) is 0.924. The number of hydrogen-bond acceptors (Lipinski definition) is 7. The van der Waals surface area contributed by atoms with Gasteiger partial charge in [0.25, 0.3) is 0 Å². The van der Waals surface area contributed by atoms with E-state index in [1.54, 1.807) is 4.68 Å². The van der Waals surface area contributed by atoms with Gasteiger partial charge in [0.2, 0.25) is 5.88 Å². The van der Waals surface area contributed by atoms with Gasteiger partial charge in [-0.3, -0.25) is 5.10 Å². The van der Waals surface area contributed by atoms with Crippen molar-refractivity contribution in [2.24, 2.45) is 5.92 Å². The van der Waals surface area contributed by atoms with Gasteiger partial charge in [-0.1, -0.05) is 11.6 Å². The average molecular weight is 400 g/mol. The Balaban J connectivity index is 1.55. The summed E-state index contributed by atoms with van der Waals surface area (Å²) in [6, 6.07) is 1.30. The van der Waals surface area contributed by atoms with Crippen molar-refractivity contribution < 1.29 is 18.3 Å². The molecule has 0 radical (unpaired) electrons. The van der Waals surface area contributed by atoms with Crippen molar-refractivity contribution in [2.45, 2.75) is 26.0 Å². The lowest BCUT2D eigenvalue weighted by Crippen LogP contribution is -2.21. The topological polar surface area (TPSA) is 103 Å². The standard InChI is InChI=1S/C15H16ClF2N7O2/c16-13-12-14(25(24-13)7-8-1-3-26-4-2-8)21-10(6-19-12)20-9-5-11(23-22-9)27-15(17)18/h5-6,8,15H,1-4,7H2,(H2,20,21,22,23). The molecule has 3 aromatic rings. The quantitative estimate of drug-likeness (QED) is 0.656. The van der Waals surface area contributed by atoms with E-state index < -0.39 is 6.61 Å². The molecule has 12 heteroatoms. The highest BCUT2D eigenvalue weighted by atomic mass is 35.5. The van der Waals surface area contributed by atoms with Crippen molar-refractivity contribution in [2.75, 3.05) is 18.5 Å². The van der Waals surface area contributed by atoms with Crippen LogP contribution in [-0.2, 0) is 11.3 Å². The molecule has 9 nitrogen and oxygen atoms in total. The van der Waals surface area contributed by atoms with Crippen LogP contribution in [0.15, 0.2) is 12.3 Å². The second-order valence-corrected chi connectivity index (χ2v) is 6.44. The van der Waals surface area contributed by atoms with Gasteiger partial charge in [-0.05, 0) is 18.8 Å². The Kier molecular flexibility index (Phi) is 5.03. The average Bonchev–Trinajstić information content (AvgIpc) is 3.20. The molecule has 1 aliphatic heterocycles. The molecule has 1 saturated heterocycles. The first-order valence-corrected chi connectivity index (χ1v) is 8.70. The van der Waals surface area contributed by atoms with E-state index in [2.05, 4.69) is 35.3 Å². The fourth-order valence-electron chi connectivity index (χ4n) is 2.92. The molecule has 2 N–H and O–H groups in total. The summed E-state index contributed by atoms with van der Waals surface area (Å²) >= 11 is 6.18. The maximum absolute atomic E-state index is 12.2. The van der Waals surface area contributed by atoms with Gasteiger partial charge in [0, 0.05) is 25.8 Å². The van der Waals surface area contributed by atoms with Crippen LogP contribution in [0.3, 0.4) is 0 Å². The fraction of sp³-hybridized carbons (Fsp3) is 0.467. The van der Waals surface area contributed by atoms with Crippen molar-refractivity contribution in [3.63, 3.8) is 0 Å². The predicted molar refractivity (Wildman–Crippen MR) is 92.4 cm³/mol. The Labute approximate surface area is 157 Å². The summed E-state index contributed by atoms with van der Waals surface area (Å²) in [7, 11) is 0. The van der Waals surface area contributed by atoms with E-state index in [4.69, 9.17) is 16.3 Å². The first-order chi connectivity index (χ1) is 13.1. The number of nitrogens with one attached hydrogen (secondary N) is 2. The summed E-state index contributed by atoms with van der Waals surface area (Å²) in [5.41, 5.74) is 1.04. The lowest BCUT2D eigenvalue weighted by molar-refractivity contribution is -0.0528. The Morgan fingerprint density at radius 3 is 3.00 bits per heavy atom. The molecule has 0 atom stereocenters. The summed E-state index contributed by atoms with van der Waals surface area (Å²) in [4.78, 5) is 8.80. The van der Waals surface area contributed by atoms with Crippen LogP contribution < -0.4 is 10.1 Å². The second-order valence-electron chi connectivity index (χ2n) is 6.08. The molecular weight excluding hydrogens is 384 g/mol. The molecule has 1 aliphatic rings. The molecule has 0 unspecified atom stereocenters. The number of halogens is 3. The number of anilines is 2. The molecule has 144 valence electrons. The molecule has 3 aromatic heterocycles. The minimum Gasteiger partial charge on any atom is -0.415 e. The third-order valence-corrected chi connectivity index (χ3v) is 4.46. The van der Waals surface area contributed by atoms with E-state index in [1.165, 1.54) is 12.3 Å². The number of nitrogens with zero attached hydrogens (tertiary/aromatic N) is 5. The molecule has 0 aromatic carbocycles. The SMILES string of the molecule is FC(F)Oc1cc(Nc2cnc3c(Cl)nn(CC4CCOCC4)c3n2)[nH]n1. The maximum atomic E-state index is 12.2. The lowest BCUT2D eigenvalue weighted by atomic mass is 10.0. The molecule has 4 heterocycles. The summed E-state index contributed by atoms with van der Waals surface area (Å²) < 4.78 is 35.8. The number of alkyl halides is 2. The molecule has 0 amide bonds. The number of rotatable bonds is 6. The van der Waals surface area contributed by atoms with Crippen molar-refractivity contribution in [1.82, 2.24) is 29.9 Å². The van der Waals surface area contributed by atoms with E-state index in [0.717, 1.165) is 26.1 Å². The zero-order chi connectivity index (χ0) is 18.8. The van der Waals surface area contributed by atoms with Crippen molar-refractivity contribution in [1.29, 1.82) is 0 Å². The van der Waals surface area contributed by atoms with Crippen LogP contribution in [-0.4, -0.2) is 49.8 Å². The van der Waals surface area contributed by atoms with E-state index in [1.807, 2.05) is 0 Å². The van der Waals surface area contributed by atoms with Gasteiger partial charge in [0.1, 0.15) is 11.3 Å². The maximum Gasteiger partial charge on any atom is 0.388 e. The van der Waals surface area contributed by atoms with Crippen LogP contribution in [0.2, 0.25) is 5.15 Å². The van der Waals surface area contributed by atoms with E-state index in [9.17, 15) is 8.78 Å². The molecule has 4 rings (SSSR count). The van der Waals surface area contributed by atoms with Crippen LogP contribution in [0.1, 0.15) is 12.8 Å². The number of fused-ring (bicyclic) bond motifs is 1. The van der Waals surface area contributed by atoms with Crippen molar-refractivity contribution in [3.8, 4) is 5.88 Å². The number of H-pyrrole nitrogens is 1. The Hall–Kier alpha value is -2.53. The molecule has 27 heavy (non-hydrogen) atoms. The van der Waals surface area contributed by atoms with Gasteiger partial charge in [-0.2, -0.15) is 13.9 Å². The lowest BCUT2D eigenvalue weighted by Gasteiger charge is -2.21. The Morgan fingerprint density at radius 1 is 1.41 bits per heavy atom. The second kappa shape index (κ2) is 7.61. The number of ether oxygens (including phenoxy) is 2. The van der Waals surface area contributed by atoms with Crippen LogP contribution in [0.25, 0.3) is 11.2 Å². The first kappa shape index (κ1) is 17.9. The fourth-order valence-corrected chi connectivity index (χ4v) is 3.15. The van der Waals surface area contributed by atoms with Gasteiger partial charge < -0.3 is 14.8 Å². The number of hydrogen-bond donors (Lipinski definition) is 2. The molecule has 0 spiro atoms. The van der Waals surface area contributed by atoms with E-state index in [0.29, 0.717) is 35.3 Å².